The van der Waals surface area contributed by atoms with Gasteiger partial charge in [0, 0.05) is 6.07 Å². The van der Waals surface area contributed by atoms with Gasteiger partial charge in [0.05, 0.1) is 6.10 Å². The number of rotatable bonds is 15. The predicted octanol–water partition coefficient (Wildman–Crippen LogP) is 6.26. The highest BCUT2D eigenvalue weighted by Gasteiger charge is 1.99. The van der Waals surface area contributed by atoms with Crippen molar-refractivity contribution < 1.29 is 15.3 Å². The largest absolute Gasteiger partial charge is 0.508 e. The second-order valence-corrected chi connectivity index (χ2v) is 7.48. The van der Waals surface area contributed by atoms with Gasteiger partial charge in [0.2, 0.25) is 0 Å². The van der Waals surface area contributed by atoms with E-state index in [0.29, 0.717) is 0 Å². The van der Waals surface area contributed by atoms with Crippen molar-refractivity contribution in [3.8, 4) is 11.5 Å². The molecule has 1 unspecified atom stereocenters. The third-order valence-corrected chi connectivity index (χ3v) is 4.71. The van der Waals surface area contributed by atoms with E-state index in [1.165, 1.54) is 63.9 Å². The molecule has 1 rings (SSSR count). The second-order valence-electron chi connectivity index (χ2n) is 7.48. The van der Waals surface area contributed by atoms with Crippen LogP contribution in [0.5, 0.6) is 11.5 Å². The molecule has 0 amide bonds. The minimum Gasteiger partial charge on any atom is -0.508 e. The molecule has 0 saturated heterocycles. The van der Waals surface area contributed by atoms with Crippen molar-refractivity contribution in [3.63, 3.8) is 0 Å². The number of hydrogen-bond donors (Lipinski definition) is 3. The number of aromatic hydroxyl groups is 2. The van der Waals surface area contributed by atoms with Crippen molar-refractivity contribution in [1.82, 2.24) is 0 Å². The summed E-state index contributed by atoms with van der Waals surface area (Å²) in [6, 6.07) is 4.84. The van der Waals surface area contributed by atoms with Crippen LogP contribution >= 0.6 is 0 Å². The van der Waals surface area contributed by atoms with E-state index in [-0.39, 0.29) is 17.6 Å². The van der Waals surface area contributed by atoms with Crippen molar-refractivity contribution in [1.29, 1.82) is 0 Å². The van der Waals surface area contributed by atoms with Crippen molar-refractivity contribution in [2.75, 3.05) is 0 Å². The zero-order chi connectivity index (χ0) is 19.0. The summed E-state index contributed by atoms with van der Waals surface area (Å²) < 4.78 is 0. The number of unbranched alkanes of at least 4 members (excludes halogenated alkanes) is 9. The molecule has 0 aromatic heterocycles. The van der Waals surface area contributed by atoms with Gasteiger partial charge in [-0.1, -0.05) is 50.7 Å². The van der Waals surface area contributed by atoms with Gasteiger partial charge in [-0.05, 0) is 69.6 Å². The molecule has 0 aliphatic rings. The third kappa shape index (κ3) is 12.8. The maximum Gasteiger partial charge on any atom is 0.119 e. The van der Waals surface area contributed by atoms with Crippen LogP contribution in [0.1, 0.15) is 89.5 Å². The number of phenolic OH excluding ortho intramolecular Hbond substituents is 2. The summed E-state index contributed by atoms with van der Waals surface area (Å²) in [7, 11) is 0. The highest BCUT2D eigenvalue weighted by molar-refractivity contribution is 5.36. The Bertz CT molecular complexity index is 474. The number of aliphatic hydroxyl groups excluding tert-OH is 1. The average Bonchev–Trinajstić information content (AvgIpc) is 2.57. The lowest BCUT2D eigenvalue weighted by Crippen LogP contribution is -1.98. The first kappa shape index (κ1) is 22.6. The topological polar surface area (TPSA) is 60.7 Å². The first-order valence-corrected chi connectivity index (χ1v) is 10.4. The van der Waals surface area contributed by atoms with E-state index in [1.807, 2.05) is 6.92 Å². The molecule has 0 heterocycles. The van der Waals surface area contributed by atoms with Crippen LogP contribution < -0.4 is 0 Å². The molecule has 0 bridgehead atoms. The molecule has 3 heteroatoms. The molecular formula is C23H38O3. The molecule has 26 heavy (non-hydrogen) atoms. The van der Waals surface area contributed by atoms with E-state index in [9.17, 15) is 15.3 Å². The van der Waals surface area contributed by atoms with Crippen molar-refractivity contribution in [2.45, 2.75) is 96.5 Å². The second kappa shape index (κ2) is 14.7. The summed E-state index contributed by atoms with van der Waals surface area (Å²) in [5.41, 5.74) is 1.01. The predicted molar refractivity (Wildman–Crippen MR) is 110 cm³/mol. The lowest BCUT2D eigenvalue weighted by molar-refractivity contribution is 0.180. The molecule has 0 aliphatic heterocycles. The molecule has 1 atom stereocenters. The lowest BCUT2D eigenvalue weighted by atomic mass is 10.0. The number of aryl methyl sites for hydroxylation is 1. The van der Waals surface area contributed by atoms with Gasteiger partial charge in [0.15, 0.2) is 0 Å². The maximum absolute atomic E-state index is 9.45. The zero-order valence-corrected chi connectivity index (χ0v) is 16.5. The Balaban J connectivity index is 1.87. The molecule has 0 radical (unpaired) electrons. The molecule has 0 spiro atoms. The minimum absolute atomic E-state index is 0.143. The highest BCUT2D eigenvalue weighted by Crippen LogP contribution is 2.22. The molecule has 0 fully saturated rings. The number of hydrogen-bond acceptors (Lipinski definition) is 3. The van der Waals surface area contributed by atoms with Gasteiger partial charge in [0.1, 0.15) is 11.5 Å². The first-order valence-electron chi connectivity index (χ1n) is 10.4. The number of benzene rings is 1. The fourth-order valence-electron chi connectivity index (χ4n) is 3.21. The Kier molecular flexibility index (Phi) is 12.7. The zero-order valence-electron chi connectivity index (χ0n) is 16.5. The smallest absolute Gasteiger partial charge is 0.119 e. The van der Waals surface area contributed by atoms with Gasteiger partial charge < -0.3 is 15.3 Å². The Hall–Kier alpha value is -1.48. The highest BCUT2D eigenvalue weighted by atomic mass is 16.3. The average molecular weight is 363 g/mol. The van der Waals surface area contributed by atoms with Gasteiger partial charge in [-0.2, -0.15) is 0 Å². The van der Waals surface area contributed by atoms with Crippen LogP contribution in [-0.2, 0) is 6.42 Å². The van der Waals surface area contributed by atoms with Crippen LogP contribution in [0.4, 0.5) is 0 Å². The fourth-order valence-corrected chi connectivity index (χ4v) is 3.21. The minimum atomic E-state index is -0.143. The van der Waals surface area contributed by atoms with Crippen molar-refractivity contribution in [3.05, 3.63) is 35.9 Å². The Morgan fingerprint density at radius 1 is 0.731 bits per heavy atom. The summed E-state index contributed by atoms with van der Waals surface area (Å²) >= 11 is 0. The van der Waals surface area contributed by atoms with E-state index < -0.39 is 0 Å². The van der Waals surface area contributed by atoms with E-state index in [2.05, 4.69) is 12.2 Å². The molecular weight excluding hydrogens is 324 g/mol. The van der Waals surface area contributed by atoms with Crippen LogP contribution in [0.15, 0.2) is 30.4 Å². The summed E-state index contributed by atoms with van der Waals surface area (Å²) in [5.74, 6) is 0.290. The molecule has 3 N–H and O–H groups in total. The molecule has 0 saturated carbocycles. The van der Waals surface area contributed by atoms with E-state index in [1.54, 1.807) is 12.1 Å². The fraction of sp³-hybridized carbons (Fsp3) is 0.652. The van der Waals surface area contributed by atoms with Crippen LogP contribution in [0.25, 0.3) is 0 Å². The van der Waals surface area contributed by atoms with Crippen LogP contribution in [0.3, 0.4) is 0 Å². The maximum atomic E-state index is 9.45. The molecule has 1 aromatic rings. The van der Waals surface area contributed by atoms with Gasteiger partial charge in [0.25, 0.3) is 0 Å². The summed E-state index contributed by atoms with van der Waals surface area (Å²) in [5, 5.41) is 28.1. The van der Waals surface area contributed by atoms with Gasteiger partial charge >= 0.3 is 0 Å². The summed E-state index contributed by atoms with van der Waals surface area (Å²) in [4.78, 5) is 0. The quantitative estimate of drug-likeness (QED) is 0.255. The molecule has 148 valence electrons. The van der Waals surface area contributed by atoms with Crippen LogP contribution in [-0.4, -0.2) is 21.4 Å². The van der Waals surface area contributed by atoms with Gasteiger partial charge in [-0.3, -0.25) is 0 Å². The van der Waals surface area contributed by atoms with E-state index >= 15 is 0 Å². The van der Waals surface area contributed by atoms with Crippen LogP contribution in [0, 0.1) is 0 Å². The summed E-state index contributed by atoms with van der Waals surface area (Å²) in [6.07, 6.45) is 19.7. The standard InChI is InChI=1S/C23H38O3/c1-20(24)15-13-11-9-7-5-3-2-4-6-8-10-12-14-16-21-17-22(25)19-23(26)18-21/h2-3,17-20,24-26H,4-16H2,1H3. The van der Waals surface area contributed by atoms with Gasteiger partial charge in [-0.15, -0.1) is 0 Å². The van der Waals surface area contributed by atoms with Gasteiger partial charge in [-0.25, -0.2) is 0 Å². The Morgan fingerprint density at radius 2 is 1.23 bits per heavy atom. The molecule has 1 aromatic carbocycles. The monoisotopic (exact) mass is 362 g/mol. The molecule has 3 nitrogen and oxygen atoms in total. The SMILES string of the molecule is CC(O)CCCCCCC=CCCCCCCCc1cc(O)cc(O)c1. The third-order valence-electron chi connectivity index (χ3n) is 4.71. The first-order chi connectivity index (χ1) is 12.6. The Labute approximate surface area is 159 Å². The number of phenols is 2. The lowest BCUT2D eigenvalue weighted by Gasteiger charge is -2.04. The number of allylic oxidation sites excluding steroid dienone is 2. The molecule has 0 aliphatic carbocycles. The van der Waals surface area contributed by atoms with Crippen LogP contribution in [0.2, 0.25) is 0 Å². The Morgan fingerprint density at radius 3 is 1.81 bits per heavy atom. The van der Waals surface area contributed by atoms with E-state index in [0.717, 1.165) is 31.2 Å². The summed E-state index contributed by atoms with van der Waals surface area (Å²) in [6.45, 7) is 1.86. The normalized spacial score (nSPS) is 12.7. The number of aliphatic hydroxyl groups is 1. The van der Waals surface area contributed by atoms with Crippen molar-refractivity contribution in [2.24, 2.45) is 0 Å². The van der Waals surface area contributed by atoms with E-state index in [4.69, 9.17) is 0 Å². The van der Waals surface area contributed by atoms with Crippen molar-refractivity contribution >= 4 is 0 Å².